The van der Waals surface area contributed by atoms with Crippen LogP contribution in [-0.2, 0) is 9.59 Å². The molecular formula is C14H18N4O4. The topological polar surface area (TPSA) is 109 Å². The van der Waals surface area contributed by atoms with Gasteiger partial charge in [-0.25, -0.2) is 4.79 Å². The zero-order valence-electron chi connectivity index (χ0n) is 12.0. The molecule has 2 heterocycles. The molecule has 1 fully saturated rings. The molecule has 8 heteroatoms. The van der Waals surface area contributed by atoms with Crippen molar-refractivity contribution in [2.24, 2.45) is 0 Å². The van der Waals surface area contributed by atoms with Crippen LogP contribution in [-0.4, -0.2) is 42.0 Å². The summed E-state index contributed by atoms with van der Waals surface area (Å²) >= 11 is 0. The van der Waals surface area contributed by atoms with Crippen LogP contribution in [0.4, 0.5) is 4.79 Å². The van der Waals surface area contributed by atoms with E-state index in [4.69, 9.17) is 4.74 Å². The normalized spacial score (nSPS) is 17.9. The summed E-state index contributed by atoms with van der Waals surface area (Å²) in [6.45, 7) is 0.871. The van der Waals surface area contributed by atoms with Crippen LogP contribution >= 0.6 is 0 Å². The van der Waals surface area contributed by atoms with Crippen LogP contribution in [0.5, 0.6) is 5.75 Å². The number of aromatic nitrogens is 1. The van der Waals surface area contributed by atoms with Crippen molar-refractivity contribution in [3.63, 3.8) is 0 Å². The van der Waals surface area contributed by atoms with E-state index in [1.807, 2.05) is 0 Å². The second-order valence-electron chi connectivity index (χ2n) is 4.79. The number of hydrogen-bond donors (Lipinski definition) is 3. The fourth-order valence-corrected chi connectivity index (χ4v) is 1.96. The van der Waals surface area contributed by atoms with Gasteiger partial charge in [-0.05, 0) is 25.0 Å². The SMILES string of the molecule is O=C1CCC(C(=O)NCCCOc2cccnc2)NC(=O)N1. The molecule has 22 heavy (non-hydrogen) atoms. The molecule has 0 saturated carbocycles. The Morgan fingerprint density at radius 2 is 2.32 bits per heavy atom. The van der Waals surface area contributed by atoms with Gasteiger partial charge in [0.05, 0.1) is 12.8 Å². The van der Waals surface area contributed by atoms with Gasteiger partial charge in [0.25, 0.3) is 0 Å². The molecule has 0 spiro atoms. The van der Waals surface area contributed by atoms with Gasteiger partial charge in [0.2, 0.25) is 11.8 Å². The molecule has 8 nitrogen and oxygen atoms in total. The molecule has 2 rings (SSSR count). The first-order valence-electron chi connectivity index (χ1n) is 7.06. The first kappa shape index (κ1) is 15.7. The van der Waals surface area contributed by atoms with Crippen LogP contribution in [0.15, 0.2) is 24.5 Å². The Balaban J connectivity index is 1.65. The summed E-state index contributed by atoms with van der Waals surface area (Å²) in [5.41, 5.74) is 0. The standard InChI is InChI=1S/C14H18N4O4/c19-12-5-4-11(17-14(21)18-12)13(20)16-7-2-8-22-10-3-1-6-15-9-10/h1,3,6,9,11H,2,4-5,7-8H2,(H,16,20)(H2,17,18,19,21). The molecule has 1 aromatic rings. The van der Waals surface area contributed by atoms with E-state index in [1.54, 1.807) is 24.5 Å². The molecule has 0 radical (unpaired) electrons. The highest BCUT2D eigenvalue weighted by Crippen LogP contribution is 2.06. The largest absolute Gasteiger partial charge is 0.492 e. The van der Waals surface area contributed by atoms with Crippen LogP contribution in [0.3, 0.4) is 0 Å². The predicted molar refractivity (Wildman–Crippen MR) is 77.1 cm³/mol. The molecule has 1 atom stereocenters. The van der Waals surface area contributed by atoms with Gasteiger partial charge in [0.15, 0.2) is 0 Å². The zero-order chi connectivity index (χ0) is 15.8. The lowest BCUT2D eigenvalue weighted by atomic mass is 10.1. The van der Waals surface area contributed by atoms with Crippen molar-refractivity contribution in [2.75, 3.05) is 13.2 Å². The van der Waals surface area contributed by atoms with Crippen LogP contribution < -0.4 is 20.7 Å². The number of pyridine rings is 1. The number of carbonyl (C=O) groups excluding carboxylic acids is 3. The zero-order valence-corrected chi connectivity index (χ0v) is 12.0. The monoisotopic (exact) mass is 306 g/mol. The summed E-state index contributed by atoms with van der Waals surface area (Å²) in [4.78, 5) is 38.3. The van der Waals surface area contributed by atoms with Crippen molar-refractivity contribution in [1.29, 1.82) is 0 Å². The molecule has 1 saturated heterocycles. The lowest BCUT2D eigenvalue weighted by Gasteiger charge is -2.14. The Bertz CT molecular complexity index is 535. The lowest BCUT2D eigenvalue weighted by Crippen LogP contribution is -2.48. The highest BCUT2D eigenvalue weighted by Gasteiger charge is 2.25. The summed E-state index contributed by atoms with van der Waals surface area (Å²) in [5.74, 6) is -0.00153. The summed E-state index contributed by atoms with van der Waals surface area (Å²) in [5, 5.41) is 7.29. The maximum atomic E-state index is 11.9. The lowest BCUT2D eigenvalue weighted by molar-refractivity contribution is -0.123. The number of imide groups is 1. The highest BCUT2D eigenvalue weighted by molar-refractivity contribution is 5.98. The first-order valence-corrected chi connectivity index (χ1v) is 7.06. The third kappa shape index (κ3) is 5.04. The fraction of sp³-hybridized carbons (Fsp3) is 0.429. The minimum absolute atomic E-state index is 0.140. The molecule has 0 aromatic carbocycles. The van der Waals surface area contributed by atoms with E-state index < -0.39 is 12.1 Å². The third-order valence-corrected chi connectivity index (χ3v) is 3.06. The summed E-state index contributed by atoms with van der Waals surface area (Å²) in [6.07, 6.45) is 4.33. The Hall–Kier alpha value is -2.64. The van der Waals surface area contributed by atoms with Gasteiger partial charge in [0.1, 0.15) is 11.8 Å². The van der Waals surface area contributed by atoms with Crippen molar-refractivity contribution >= 4 is 17.8 Å². The van der Waals surface area contributed by atoms with Gasteiger partial charge >= 0.3 is 6.03 Å². The van der Waals surface area contributed by atoms with E-state index >= 15 is 0 Å². The number of amides is 4. The van der Waals surface area contributed by atoms with Crippen molar-refractivity contribution < 1.29 is 19.1 Å². The summed E-state index contributed by atoms with van der Waals surface area (Å²) in [7, 11) is 0. The van der Waals surface area contributed by atoms with Crippen LogP contribution in [0, 0.1) is 0 Å². The van der Waals surface area contributed by atoms with Crippen molar-refractivity contribution in [3.8, 4) is 5.75 Å². The summed E-state index contributed by atoms with van der Waals surface area (Å²) < 4.78 is 5.45. The average molecular weight is 306 g/mol. The van der Waals surface area contributed by atoms with E-state index in [9.17, 15) is 14.4 Å². The second kappa shape index (κ2) is 7.96. The predicted octanol–water partition coefficient (Wildman–Crippen LogP) is -0.0451. The maximum absolute atomic E-state index is 11.9. The smallest absolute Gasteiger partial charge is 0.322 e. The Morgan fingerprint density at radius 3 is 3.09 bits per heavy atom. The molecule has 1 aliphatic rings. The number of carbonyl (C=O) groups is 3. The van der Waals surface area contributed by atoms with Crippen molar-refractivity contribution in [2.45, 2.75) is 25.3 Å². The summed E-state index contributed by atoms with van der Waals surface area (Å²) in [6, 6.07) is 2.26. The van der Waals surface area contributed by atoms with Gasteiger partial charge < -0.3 is 15.4 Å². The molecule has 0 bridgehead atoms. The minimum Gasteiger partial charge on any atom is -0.492 e. The molecule has 1 aromatic heterocycles. The number of ether oxygens (including phenoxy) is 1. The molecule has 0 aliphatic carbocycles. The molecular weight excluding hydrogens is 288 g/mol. The number of nitrogens with one attached hydrogen (secondary N) is 3. The quantitative estimate of drug-likeness (QED) is 0.639. The molecule has 1 unspecified atom stereocenters. The van der Waals surface area contributed by atoms with E-state index in [1.165, 1.54) is 0 Å². The van der Waals surface area contributed by atoms with Crippen molar-refractivity contribution in [1.82, 2.24) is 20.9 Å². The van der Waals surface area contributed by atoms with E-state index in [0.29, 0.717) is 25.3 Å². The Kier molecular flexibility index (Phi) is 5.70. The molecule has 1 aliphatic heterocycles. The second-order valence-corrected chi connectivity index (χ2v) is 4.79. The van der Waals surface area contributed by atoms with Gasteiger partial charge in [0, 0.05) is 19.2 Å². The van der Waals surface area contributed by atoms with Crippen LogP contribution in [0.25, 0.3) is 0 Å². The number of urea groups is 1. The fourth-order valence-electron chi connectivity index (χ4n) is 1.96. The molecule has 4 amide bonds. The number of nitrogens with zero attached hydrogens (tertiary/aromatic N) is 1. The number of hydrogen-bond acceptors (Lipinski definition) is 5. The maximum Gasteiger partial charge on any atom is 0.322 e. The minimum atomic E-state index is -0.689. The third-order valence-electron chi connectivity index (χ3n) is 3.06. The van der Waals surface area contributed by atoms with Gasteiger partial charge in [-0.1, -0.05) is 0 Å². The van der Waals surface area contributed by atoms with E-state index in [2.05, 4.69) is 20.9 Å². The highest BCUT2D eigenvalue weighted by atomic mass is 16.5. The van der Waals surface area contributed by atoms with Gasteiger partial charge in [-0.3, -0.25) is 19.9 Å². The van der Waals surface area contributed by atoms with Gasteiger partial charge in [-0.2, -0.15) is 0 Å². The Labute approximate surface area is 127 Å². The van der Waals surface area contributed by atoms with E-state index in [-0.39, 0.29) is 24.7 Å². The van der Waals surface area contributed by atoms with Crippen molar-refractivity contribution in [3.05, 3.63) is 24.5 Å². The van der Waals surface area contributed by atoms with Crippen LogP contribution in [0.2, 0.25) is 0 Å². The molecule has 118 valence electrons. The molecule has 3 N–H and O–H groups in total. The Morgan fingerprint density at radius 1 is 1.45 bits per heavy atom. The van der Waals surface area contributed by atoms with Gasteiger partial charge in [-0.15, -0.1) is 0 Å². The average Bonchev–Trinajstić information content (AvgIpc) is 2.68. The van der Waals surface area contributed by atoms with Crippen LogP contribution in [0.1, 0.15) is 19.3 Å². The van der Waals surface area contributed by atoms with E-state index in [0.717, 1.165) is 0 Å². The first-order chi connectivity index (χ1) is 10.6. The number of rotatable bonds is 6.